The number of aryl methyl sites for hydroxylation is 1. The number of rotatable bonds is 3. The van der Waals surface area contributed by atoms with Crippen LogP contribution in [0.4, 0.5) is 5.95 Å². The Morgan fingerprint density at radius 1 is 1.46 bits per heavy atom. The fraction of sp³-hybridized carbons (Fsp3) is 0.556. The van der Waals surface area contributed by atoms with Gasteiger partial charge in [-0.3, -0.25) is 0 Å². The standard InChI is InChI=1S/C9H15N3S/c1-6(2)13-8-7(3)5-11-9(10-4)12-8/h5-6H,1-4H3,(H,10,11,12). The predicted molar refractivity (Wildman–Crippen MR) is 57.3 cm³/mol. The van der Waals surface area contributed by atoms with E-state index < -0.39 is 0 Å². The molecule has 0 saturated heterocycles. The molecular formula is C9H15N3S. The molecule has 0 aliphatic heterocycles. The van der Waals surface area contributed by atoms with Crippen molar-refractivity contribution in [2.75, 3.05) is 12.4 Å². The van der Waals surface area contributed by atoms with Gasteiger partial charge in [0.05, 0.1) is 0 Å². The van der Waals surface area contributed by atoms with E-state index in [-0.39, 0.29) is 0 Å². The van der Waals surface area contributed by atoms with E-state index in [0.29, 0.717) is 11.2 Å². The maximum atomic E-state index is 4.37. The van der Waals surface area contributed by atoms with E-state index in [9.17, 15) is 0 Å². The van der Waals surface area contributed by atoms with Crippen LogP contribution in [0, 0.1) is 6.92 Å². The van der Waals surface area contributed by atoms with E-state index in [0.717, 1.165) is 10.6 Å². The van der Waals surface area contributed by atoms with Crippen molar-refractivity contribution in [3.05, 3.63) is 11.8 Å². The number of aromatic nitrogens is 2. The molecular weight excluding hydrogens is 182 g/mol. The van der Waals surface area contributed by atoms with Gasteiger partial charge >= 0.3 is 0 Å². The highest BCUT2D eigenvalue weighted by atomic mass is 32.2. The lowest BCUT2D eigenvalue weighted by Crippen LogP contribution is -2.00. The molecule has 0 aliphatic carbocycles. The van der Waals surface area contributed by atoms with Crippen molar-refractivity contribution in [3.8, 4) is 0 Å². The molecule has 13 heavy (non-hydrogen) atoms. The summed E-state index contributed by atoms with van der Waals surface area (Å²) >= 11 is 1.76. The average molecular weight is 197 g/mol. The van der Waals surface area contributed by atoms with Gasteiger partial charge in [0.2, 0.25) is 5.95 Å². The van der Waals surface area contributed by atoms with Crippen molar-refractivity contribution in [1.82, 2.24) is 9.97 Å². The maximum absolute atomic E-state index is 4.37. The van der Waals surface area contributed by atoms with Gasteiger partial charge in [0.25, 0.3) is 0 Å². The molecule has 72 valence electrons. The lowest BCUT2D eigenvalue weighted by atomic mass is 10.4. The van der Waals surface area contributed by atoms with E-state index in [1.54, 1.807) is 11.8 Å². The maximum Gasteiger partial charge on any atom is 0.223 e. The Morgan fingerprint density at radius 3 is 2.69 bits per heavy atom. The molecule has 0 spiro atoms. The number of nitrogens with zero attached hydrogens (tertiary/aromatic N) is 2. The Bertz CT molecular complexity index is 286. The third-order valence-electron chi connectivity index (χ3n) is 1.50. The fourth-order valence-corrected chi connectivity index (χ4v) is 1.71. The summed E-state index contributed by atoms with van der Waals surface area (Å²) < 4.78 is 0. The third-order valence-corrected chi connectivity index (χ3v) is 2.60. The molecule has 4 heteroatoms. The molecule has 0 amide bonds. The fourth-order valence-electron chi connectivity index (χ4n) is 0.889. The first-order valence-electron chi connectivity index (χ1n) is 4.31. The Kier molecular flexibility index (Phi) is 3.54. The summed E-state index contributed by atoms with van der Waals surface area (Å²) in [5.74, 6) is 0.689. The van der Waals surface area contributed by atoms with E-state index in [1.807, 2.05) is 20.2 Å². The summed E-state index contributed by atoms with van der Waals surface area (Å²) in [6.07, 6.45) is 1.85. The topological polar surface area (TPSA) is 37.8 Å². The zero-order chi connectivity index (χ0) is 9.84. The summed E-state index contributed by atoms with van der Waals surface area (Å²) in [4.78, 5) is 8.50. The Labute approximate surface area is 83.4 Å². The van der Waals surface area contributed by atoms with Gasteiger partial charge in [-0.15, -0.1) is 11.8 Å². The van der Waals surface area contributed by atoms with E-state index >= 15 is 0 Å². The van der Waals surface area contributed by atoms with E-state index in [4.69, 9.17) is 0 Å². The van der Waals surface area contributed by atoms with Crippen LogP contribution < -0.4 is 5.32 Å². The molecule has 0 unspecified atom stereocenters. The zero-order valence-electron chi connectivity index (χ0n) is 8.46. The van der Waals surface area contributed by atoms with Crippen LogP contribution in [-0.2, 0) is 0 Å². The minimum Gasteiger partial charge on any atom is -0.357 e. The second-order valence-electron chi connectivity index (χ2n) is 3.10. The van der Waals surface area contributed by atoms with Gasteiger partial charge < -0.3 is 5.32 Å². The first-order valence-corrected chi connectivity index (χ1v) is 5.19. The van der Waals surface area contributed by atoms with Crippen LogP contribution in [0.2, 0.25) is 0 Å². The van der Waals surface area contributed by atoms with Gasteiger partial charge in [-0.05, 0) is 12.5 Å². The normalized spacial score (nSPS) is 10.5. The quantitative estimate of drug-likeness (QED) is 0.596. The minimum atomic E-state index is 0.554. The monoisotopic (exact) mass is 197 g/mol. The number of thioether (sulfide) groups is 1. The molecule has 0 atom stereocenters. The van der Waals surface area contributed by atoms with E-state index in [2.05, 4.69) is 29.1 Å². The van der Waals surface area contributed by atoms with Gasteiger partial charge in [-0.1, -0.05) is 13.8 Å². The van der Waals surface area contributed by atoms with Crippen molar-refractivity contribution in [2.45, 2.75) is 31.0 Å². The molecule has 1 aromatic rings. The van der Waals surface area contributed by atoms with Crippen molar-refractivity contribution in [1.29, 1.82) is 0 Å². The summed E-state index contributed by atoms with van der Waals surface area (Å²) in [6, 6.07) is 0. The second kappa shape index (κ2) is 4.46. The Hall–Kier alpha value is -0.770. The van der Waals surface area contributed by atoms with Crippen molar-refractivity contribution in [3.63, 3.8) is 0 Å². The highest BCUT2D eigenvalue weighted by Gasteiger charge is 2.05. The smallest absolute Gasteiger partial charge is 0.223 e. The SMILES string of the molecule is CNc1ncc(C)c(SC(C)C)n1. The lowest BCUT2D eigenvalue weighted by Gasteiger charge is -2.07. The summed E-state index contributed by atoms with van der Waals surface area (Å²) in [5, 5.41) is 4.55. The molecule has 0 saturated carbocycles. The summed E-state index contributed by atoms with van der Waals surface area (Å²) in [6.45, 7) is 6.35. The van der Waals surface area contributed by atoms with Crippen LogP contribution in [0.25, 0.3) is 0 Å². The van der Waals surface area contributed by atoms with Crippen LogP contribution in [0.1, 0.15) is 19.4 Å². The van der Waals surface area contributed by atoms with Gasteiger partial charge in [0, 0.05) is 18.5 Å². The van der Waals surface area contributed by atoms with Crippen LogP contribution in [-0.4, -0.2) is 22.3 Å². The molecule has 1 rings (SSSR count). The second-order valence-corrected chi connectivity index (χ2v) is 4.66. The molecule has 0 aromatic carbocycles. The third kappa shape index (κ3) is 2.88. The van der Waals surface area contributed by atoms with Crippen LogP contribution in [0.15, 0.2) is 11.2 Å². The summed E-state index contributed by atoms with van der Waals surface area (Å²) in [7, 11) is 1.83. The highest BCUT2D eigenvalue weighted by Crippen LogP contribution is 2.24. The van der Waals surface area contributed by atoms with Crippen LogP contribution in [0.3, 0.4) is 0 Å². The molecule has 0 fully saturated rings. The Balaban J connectivity index is 2.90. The number of anilines is 1. The van der Waals surface area contributed by atoms with Crippen LogP contribution in [0.5, 0.6) is 0 Å². The number of nitrogens with one attached hydrogen (secondary N) is 1. The molecule has 3 nitrogen and oxygen atoms in total. The summed E-state index contributed by atoms with van der Waals surface area (Å²) in [5.41, 5.74) is 1.14. The number of hydrogen-bond acceptors (Lipinski definition) is 4. The van der Waals surface area contributed by atoms with Crippen molar-refractivity contribution >= 4 is 17.7 Å². The highest BCUT2D eigenvalue weighted by molar-refractivity contribution is 7.99. The largest absolute Gasteiger partial charge is 0.357 e. The molecule has 0 aliphatic rings. The lowest BCUT2D eigenvalue weighted by molar-refractivity contribution is 0.992. The molecule has 1 N–H and O–H groups in total. The first kappa shape index (κ1) is 10.3. The Morgan fingerprint density at radius 2 is 2.15 bits per heavy atom. The van der Waals surface area contributed by atoms with Gasteiger partial charge in [0.15, 0.2) is 0 Å². The first-order chi connectivity index (χ1) is 6.13. The van der Waals surface area contributed by atoms with E-state index in [1.165, 1.54) is 0 Å². The van der Waals surface area contributed by atoms with Crippen molar-refractivity contribution < 1.29 is 0 Å². The average Bonchev–Trinajstić information content (AvgIpc) is 2.08. The molecule has 0 radical (unpaired) electrons. The number of hydrogen-bond donors (Lipinski definition) is 1. The van der Waals surface area contributed by atoms with Gasteiger partial charge in [0.1, 0.15) is 5.03 Å². The molecule has 1 aromatic heterocycles. The van der Waals surface area contributed by atoms with Gasteiger partial charge in [-0.25, -0.2) is 9.97 Å². The minimum absolute atomic E-state index is 0.554. The van der Waals surface area contributed by atoms with Crippen molar-refractivity contribution in [2.24, 2.45) is 0 Å². The predicted octanol–water partition coefficient (Wildman–Crippen LogP) is 2.33. The van der Waals surface area contributed by atoms with Gasteiger partial charge in [-0.2, -0.15) is 0 Å². The molecule has 1 heterocycles. The zero-order valence-corrected chi connectivity index (χ0v) is 9.27. The molecule has 0 bridgehead atoms. The van der Waals surface area contributed by atoms with Crippen LogP contribution >= 0.6 is 11.8 Å².